The Labute approximate surface area is 130 Å². The maximum absolute atomic E-state index is 11.7. The minimum Gasteiger partial charge on any atom is -0.480 e. The molecule has 2 aliphatic rings. The molecular formula is C18H33NO2. The van der Waals surface area contributed by atoms with Crippen molar-refractivity contribution in [2.24, 2.45) is 17.3 Å². The molecule has 1 N–H and O–H groups in total. The van der Waals surface area contributed by atoms with Gasteiger partial charge in [0.15, 0.2) is 0 Å². The number of carbonyl (C=O) groups is 1. The molecule has 0 radical (unpaired) electrons. The van der Waals surface area contributed by atoms with Crippen LogP contribution in [0.3, 0.4) is 0 Å². The predicted octanol–water partition coefficient (Wildman–Crippen LogP) is 4.17. The zero-order chi connectivity index (χ0) is 15.7. The molecule has 0 aromatic heterocycles. The van der Waals surface area contributed by atoms with Crippen LogP contribution in [0.25, 0.3) is 0 Å². The summed E-state index contributed by atoms with van der Waals surface area (Å²) in [7, 11) is 0. The van der Waals surface area contributed by atoms with E-state index in [4.69, 9.17) is 0 Å². The number of hydrogen-bond donors (Lipinski definition) is 1. The zero-order valence-electron chi connectivity index (χ0n) is 14.3. The van der Waals surface area contributed by atoms with E-state index in [1.54, 1.807) is 0 Å². The fourth-order valence-electron chi connectivity index (χ4n) is 4.23. The van der Waals surface area contributed by atoms with Crippen LogP contribution in [0, 0.1) is 17.3 Å². The molecule has 1 aliphatic heterocycles. The predicted molar refractivity (Wildman–Crippen MR) is 86.4 cm³/mol. The third-order valence-electron chi connectivity index (χ3n) is 6.05. The van der Waals surface area contributed by atoms with Crippen LogP contribution in [0.15, 0.2) is 0 Å². The van der Waals surface area contributed by atoms with Gasteiger partial charge in [-0.1, -0.05) is 20.8 Å². The number of nitrogens with zero attached hydrogens (tertiary/aromatic N) is 1. The zero-order valence-corrected chi connectivity index (χ0v) is 14.3. The first-order chi connectivity index (χ1) is 9.73. The van der Waals surface area contributed by atoms with Gasteiger partial charge in [-0.25, -0.2) is 0 Å². The van der Waals surface area contributed by atoms with Crippen molar-refractivity contribution in [3.05, 3.63) is 0 Å². The molecule has 0 aromatic rings. The highest BCUT2D eigenvalue weighted by molar-refractivity contribution is 5.78. The first-order valence-corrected chi connectivity index (χ1v) is 8.72. The number of likely N-dealkylation sites (tertiary alicyclic amines) is 1. The minimum atomic E-state index is -0.634. The van der Waals surface area contributed by atoms with E-state index in [1.807, 2.05) is 6.92 Å². The maximum atomic E-state index is 11.7. The summed E-state index contributed by atoms with van der Waals surface area (Å²) in [5.41, 5.74) is -0.204. The highest BCUT2D eigenvalue weighted by atomic mass is 16.4. The SMILES string of the molecule is CC(C)(C)C1CCC(CN2CCCCC2(C)C(=O)O)CC1. The van der Waals surface area contributed by atoms with E-state index in [-0.39, 0.29) is 0 Å². The van der Waals surface area contributed by atoms with Gasteiger partial charge in [-0.15, -0.1) is 0 Å². The number of carboxylic acid groups (broad SMARTS) is 1. The van der Waals surface area contributed by atoms with Gasteiger partial charge in [0.1, 0.15) is 5.54 Å². The third-order valence-corrected chi connectivity index (χ3v) is 6.05. The number of carboxylic acids is 1. The Balaban J connectivity index is 1.91. The van der Waals surface area contributed by atoms with Crippen molar-refractivity contribution in [1.82, 2.24) is 4.90 Å². The molecule has 122 valence electrons. The summed E-state index contributed by atoms with van der Waals surface area (Å²) in [6.45, 7) is 10.9. The third kappa shape index (κ3) is 3.80. The number of hydrogen-bond acceptors (Lipinski definition) is 2. The fraction of sp³-hybridized carbons (Fsp3) is 0.944. The average molecular weight is 295 g/mol. The van der Waals surface area contributed by atoms with E-state index >= 15 is 0 Å². The lowest BCUT2D eigenvalue weighted by atomic mass is 9.69. The van der Waals surface area contributed by atoms with Crippen LogP contribution in [-0.4, -0.2) is 34.6 Å². The molecular weight excluding hydrogens is 262 g/mol. The van der Waals surface area contributed by atoms with Gasteiger partial charge in [0.05, 0.1) is 0 Å². The molecule has 0 amide bonds. The number of piperidine rings is 1. The average Bonchev–Trinajstić information content (AvgIpc) is 2.41. The van der Waals surface area contributed by atoms with E-state index in [1.165, 1.54) is 25.7 Å². The second-order valence-electron chi connectivity index (χ2n) is 8.57. The quantitative estimate of drug-likeness (QED) is 0.849. The molecule has 3 heteroatoms. The van der Waals surface area contributed by atoms with Crippen molar-refractivity contribution in [3.63, 3.8) is 0 Å². The first-order valence-electron chi connectivity index (χ1n) is 8.72. The second kappa shape index (κ2) is 6.28. The minimum absolute atomic E-state index is 0.422. The Hall–Kier alpha value is -0.570. The molecule has 21 heavy (non-hydrogen) atoms. The van der Waals surface area contributed by atoms with Crippen molar-refractivity contribution < 1.29 is 9.90 Å². The summed E-state index contributed by atoms with van der Waals surface area (Å²) in [5.74, 6) is 0.895. The van der Waals surface area contributed by atoms with Gasteiger partial charge in [0.2, 0.25) is 0 Å². The van der Waals surface area contributed by atoms with Crippen LogP contribution >= 0.6 is 0 Å². The summed E-state index contributed by atoms with van der Waals surface area (Å²) >= 11 is 0. The fourth-order valence-corrected chi connectivity index (χ4v) is 4.23. The molecule has 0 aromatic carbocycles. The molecule has 2 rings (SSSR count). The smallest absolute Gasteiger partial charge is 0.323 e. The van der Waals surface area contributed by atoms with Crippen LogP contribution in [-0.2, 0) is 4.79 Å². The van der Waals surface area contributed by atoms with Gasteiger partial charge in [-0.05, 0) is 75.7 Å². The number of rotatable bonds is 3. The van der Waals surface area contributed by atoms with Crippen molar-refractivity contribution in [2.75, 3.05) is 13.1 Å². The van der Waals surface area contributed by atoms with Gasteiger partial charge in [0, 0.05) is 6.54 Å². The van der Waals surface area contributed by atoms with Crippen LogP contribution in [0.5, 0.6) is 0 Å². The van der Waals surface area contributed by atoms with Gasteiger partial charge < -0.3 is 5.11 Å². The van der Waals surface area contributed by atoms with Crippen LogP contribution in [0.2, 0.25) is 0 Å². The lowest BCUT2D eigenvalue weighted by molar-refractivity contribution is -0.153. The molecule has 1 aliphatic carbocycles. The van der Waals surface area contributed by atoms with Crippen molar-refractivity contribution in [2.45, 2.75) is 78.2 Å². The normalized spacial score (nSPS) is 35.6. The Kier molecular flexibility index (Phi) is 5.02. The molecule has 2 fully saturated rings. The Morgan fingerprint density at radius 2 is 1.81 bits per heavy atom. The summed E-state index contributed by atoms with van der Waals surface area (Å²) in [5, 5.41) is 9.60. The van der Waals surface area contributed by atoms with Crippen LogP contribution in [0.1, 0.15) is 72.6 Å². The lowest BCUT2D eigenvalue weighted by Crippen LogP contribution is -2.56. The second-order valence-corrected chi connectivity index (χ2v) is 8.57. The van der Waals surface area contributed by atoms with Crippen molar-refractivity contribution in [3.8, 4) is 0 Å². The highest BCUT2D eigenvalue weighted by Gasteiger charge is 2.42. The molecule has 1 saturated heterocycles. The molecule has 1 atom stereocenters. The lowest BCUT2D eigenvalue weighted by Gasteiger charge is -2.45. The standard InChI is InChI=1S/C18H33NO2/c1-17(2,3)15-9-7-14(8-10-15)13-19-12-6-5-11-18(19,4)16(20)21/h14-15H,5-13H2,1-4H3,(H,20,21). The van der Waals surface area contributed by atoms with Gasteiger partial charge in [0.25, 0.3) is 0 Å². The van der Waals surface area contributed by atoms with Crippen molar-refractivity contribution >= 4 is 5.97 Å². The Morgan fingerprint density at radius 1 is 1.19 bits per heavy atom. The Morgan fingerprint density at radius 3 is 2.33 bits per heavy atom. The number of aliphatic carboxylic acids is 1. The molecule has 1 saturated carbocycles. The van der Waals surface area contributed by atoms with Gasteiger partial charge in [-0.2, -0.15) is 0 Å². The van der Waals surface area contributed by atoms with E-state index in [0.717, 1.165) is 38.3 Å². The van der Waals surface area contributed by atoms with Crippen LogP contribution < -0.4 is 0 Å². The van der Waals surface area contributed by atoms with E-state index in [2.05, 4.69) is 25.7 Å². The van der Waals surface area contributed by atoms with Gasteiger partial charge >= 0.3 is 5.97 Å². The monoisotopic (exact) mass is 295 g/mol. The highest BCUT2D eigenvalue weighted by Crippen LogP contribution is 2.41. The van der Waals surface area contributed by atoms with E-state index < -0.39 is 11.5 Å². The maximum Gasteiger partial charge on any atom is 0.323 e. The molecule has 1 unspecified atom stereocenters. The summed E-state index contributed by atoms with van der Waals surface area (Å²) in [6.07, 6.45) is 8.18. The summed E-state index contributed by atoms with van der Waals surface area (Å²) < 4.78 is 0. The van der Waals surface area contributed by atoms with Crippen LogP contribution in [0.4, 0.5) is 0 Å². The molecule has 0 spiro atoms. The van der Waals surface area contributed by atoms with Gasteiger partial charge in [-0.3, -0.25) is 9.69 Å². The van der Waals surface area contributed by atoms with E-state index in [9.17, 15) is 9.90 Å². The topological polar surface area (TPSA) is 40.5 Å². The molecule has 3 nitrogen and oxygen atoms in total. The summed E-state index contributed by atoms with van der Waals surface area (Å²) in [6, 6.07) is 0. The Bertz CT molecular complexity index is 366. The molecule has 0 bridgehead atoms. The summed E-state index contributed by atoms with van der Waals surface area (Å²) in [4.78, 5) is 13.9. The first kappa shape index (κ1) is 16.8. The molecule has 1 heterocycles. The van der Waals surface area contributed by atoms with Crippen molar-refractivity contribution in [1.29, 1.82) is 0 Å². The van der Waals surface area contributed by atoms with E-state index in [0.29, 0.717) is 11.3 Å². The largest absolute Gasteiger partial charge is 0.480 e.